The lowest BCUT2D eigenvalue weighted by molar-refractivity contribution is 0.0931. The first-order valence-corrected chi connectivity index (χ1v) is 10.1. The highest BCUT2D eigenvalue weighted by molar-refractivity contribution is 5.94. The van der Waals surface area contributed by atoms with E-state index in [9.17, 15) is 4.79 Å². The average molecular weight is 370 g/mol. The number of benzene rings is 1. The summed E-state index contributed by atoms with van der Waals surface area (Å²) >= 11 is 0. The van der Waals surface area contributed by atoms with E-state index < -0.39 is 0 Å². The molecule has 3 rings (SSSR count). The molecule has 1 aromatic carbocycles. The number of nitrogens with one attached hydrogen (secondary N) is 1. The number of carbonyl (C=O) groups excluding carboxylic acids is 1. The Morgan fingerprint density at radius 2 is 1.81 bits per heavy atom. The molecular weight excluding hydrogens is 338 g/mol. The van der Waals surface area contributed by atoms with Gasteiger partial charge in [0.15, 0.2) is 0 Å². The number of hydrogen-bond acceptors (Lipinski definition) is 3. The van der Waals surface area contributed by atoms with Crippen LogP contribution in [0.15, 0.2) is 42.6 Å². The van der Waals surface area contributed by atoms with Gasteiger partial charge in [0.2, 0.25) is 0 Å². The molecule has 5 nitrogen and oxygen atoms in total. The zero-order valence-corrected chi connectivity index (χ0v) is 16.5. The topological polar surface area (TPSA) is 46.5 Å². The molecule has 0 radical (unpaired) electrons. The van der Waals surface area contributed by atoms with Crippen molar-refractivity contribution < 1.29 is 9.53 Å². The summed E-state index contributed by atoms with van der Waals surface area (Å²) in [6.45, 7) is 5.38. The molecule has 1 amide bonds. The minimum Gasteiger partial charge on any atom is -0.494 e. The van der Waals surface area contributed by atoms with Gasteiger partial charge in [-0.05, 0) is 69.3 Å². The largest absolute Gasteiger partial charge is 0.494 e. The molecule has 146 valence electrons. The molecule has 1 aliphatic rings. The van der Waals surface area contributed by atoms with Crippen molar-refractivity contribution in [2.75, 3.05) is 26.2 Å². The van der Waals surface area contributed by atoms with Crippen LogP contribution < -0.4 is 10.1 Å². The SMILES string of the molecule is CCOc1ccc(C(=O)NCC(c2cccn2C)N2CCCCCC2)cc1. The maximum Gasteiger partial charge on any atom is 0.251 e. The first-order chi connectivity index (χ1) is 13.2. The number of nitrogens with zero attached hydrogens (tertiary/aromatic N) is 2. The Morgan fingerprint density at radius 3 is 2.41 bits per heavy atom. The quantitative estimate of drug-likeness (QED) is 0.808. The molecule has 2 heterocycles. The normalized spacial score (nSPS) is 16.5. The molecule has 5 heteroatoms. The summed E-state index contributed by atoms with van der Waals surface area (Å²) in [6, 6.07) is 11.8. The first kappa shape index (κ1) is 19.5. The van der Waals surface area contributed by atoms with Crippen molar-refractivity contribution in [1.29, 1.82) is 0 Å². The summed E-state index contributed by atoms with van der Waals surface area (Å²) in [6.07, 6.45) is 7.14. The van der Waals surface area contributed by atoms with Crippen molar-refractivity contribution in [2.45, 2.75) is 38.6 Å². The van der Waals surface area contributed by atoms with Crippen LogP contribution in [0.1, 0.15) is 54.7 Å². The van der Waals surface area contributed by atoms with Crippen LogP contribution in [-0.2, 0) is 7.05 Å². The Morgan fingerprint density at radius 1 is 1.11 bits per heavy atom. The Hall–Kier alpha value is -2.27. The lowest BCUT2D eigenvalue weighted by Gasteiger charge is -2.31. The molecular formula is C22H31N3O2. The molecule has 0 aliphatic carbocycles. The van der Waals surface area contributed by atoms with E-state index in [-0.39, 0.29) is 11.9 Å². The predicted octanol–water partition coefficient (Wildman–Crippen LogP) is 3.77. The van der Waals surface area contributed by atoms with Gasteiger partial charge in [-0.15, -0.1) is 0 Å². The second kappa shape index (κ2) is 9.60. The van der Waals surface area contributed by atoms with Crippen molar-refractivity contribution in [3.63, 3.8) is 0 Å². The third kappa shape index (κ3) is 5.13. The molecule has 2 aromatic rings. The second-order valence-electron chi connectivity index (χ2n) is 7.18. The van der Waals surface area contributed by atoms with Gasteiger partial charge in [-0.3, -0.25) is 9.69 Å². The van der Waals surface area contributed by atoms with Gasteiger partial charge in [-0.25, -0.2) is 0 Å². The molecule has 1 aromatic heterocycles. The number of aromatic nitrogens is 1. The number of likely N-dealkylation sites (tertiary alicyclic amines) is 1. The van der Waals surface area contributed by atoms with Gasteiger partial charge in [0, 0.05) is 31.0 Å². The fourth-order valence-corrected chi connectivity index (χ4v) is 3.81. The van der Waals surface area contributed by atoms with E-state index in [1.807, 2.05) is 31.2 Å². The third-order valence-corrected chi connectivity index (χ3v) is 5.29. The standard InChI is InChI=1S/C22H31N3O2/c1-3-27-19-12-10-18(11-13-19)22(26)23-17-21(20-9-8-14-24(20)2)25-15-6-4-5-7-16-25/h8-14,21H,3-7,15-17H2,1-2H3,(H,23,26). The number of aryl methyl sites for hydroxylation is 1. The summed E-state index contributed by atoms with van der Waals surface area (Å²) in [5.74, 6) is 0.757. The molecule has 0 spiro atoms. The van der Waals surface area contributed by atoms with Crippen LogP contribution >= 0.6 is 0 Å². The van der Waals surface area contributed by atoms with E-state index in [4.69, 9.17) is 4.74 Å². The molecule has 1 aliphatic heterocycles. The maximum atomic E-state index is 12.6. The highest BCUT2D eigenvalue weighted by Gasteiger charge is 2.24. The Bertz CT molecular complexity index is 715. The molecule has 0 bridgehead atoms. The van der Waals surface area contributed by atoms with E-state index in [0.717, 1.165) is 18.8 Å². The van der Waals surface area contributed by atoms with Gasteiger partial charge in [0.05, 0.1) is 12.6 Å². The Labute approximate surface area is 162 Å². The molecule has 1 saturated heterocycles. The van der Waals surface area contributed by atoms with Crippen LogP contribution in [0.25, 0.3) is 0 Å². The highest BCUT2D eigenvalue weighted by atomic mass is 16.5. The van der Waals surface area contributed by atoms with Crippen molar-refractivity contribution >= 4 is 5.91 Å². The molecule has 1 fully saturated rings. The van der Waals surface area contributed by atoms with Gasteiger partial charge in [0.25, 0.3) is 5.91 Å². The smallest absolute Gasteiger partial charge is 0.251 e. The van der Waals surface area contributed by atoms with E-state index >= 15 is 0 Å². The fraction of sp³-hybridized carbons (Fsp3) is 0.500. The summed E-state index contributed by atoms with van der Waals surface area (Å²) in [7, 11) is 2.08. The van der Waals surface area contributed by atoms with E-state index in [2.05, 4.69) is 40.2 Å². The summed E-state index contributed by atoms with van der Waals surface area (Å²) in [4.78, 5) is 15.2. The lowest BCUT2D eigenvalue weighted by atomic mass is 10.1. The number of rotatable bonds is 7. The maximum absolute atomic E-state index is 12.6. The highest BCUT2D eigenvalue weighted by Crippen LogP contribution is 2.24. The van der Waals surface area contributed by atoms with Crippen LogP contribution in [0, 0.1) is 0 Å². The zero-order valence-electron chi connectivity index (χ0n) is 16.5. The molecule has 1 atom stereocenters. The van der Waals surface area contributed by atoms with E-state index in [1.165, 1.54) is 31.4 Å². The van der Waals surface area contributed by atoms with Crippen molar-refractivity contribution in [3.8, 4) is 5.75 Å². The van der Waals surface area contributed by atoms with Crippen LogP contribution in [-0.4, -0.2) is 41.6 Å². The molecule has 1 unspecified atom stereocenters. The summed E-state index contributed by atoms with van der Waals surface area (Å²) in [5.41, 5.74) is 1.92. The molecule has 27 heavy (non-hydrogen) atoms. The van der Waals surface area contributed by atoms with Crippen LogP contribution in [0.2, 0.25) is 0 Å². The minimum absolute atomic E-state index is 0.0351. The van der Waals surface area contributed by atoms with E-state index in [1.54, 1.807) is 0 Å². The number of hydrogen-bond donors (Lipinski definition) is 1. The predicted molar refractivity (Wildman–Crippen MR) is 108 cm³/mol. The first-order valence-electron chi connectivity index (χ1n) is 10.1. The number of carbonyl (C=O) groups is 1. The van der Waals surface area contributed by atoms with Gasteiger partial charge in [0.1, 0.15) is 5.75 Å². The van der Waals surface area contributed by atoms with Gasteiger partial charge in [-0.1, -0.05) is 12.8 Å². The van der Waals surface area contributed by atoms with Crippen molar-refractivity contribution in [1.82, 2.24) is 14.8 Å². The number of amides is 1. The number of ether oxygens (including phenoxy) is 1. The second-order valence-corrected chi connectivity index (χ2v) is 7.18. The Kier molecular flexibility index (Phi) is 6.93. The molecule has 0 saturated carbocycles. The van der Waals surface area contributed by atoms with Gasteiger partial charge in [-0.2, -0.15) is 0 Å². The third-order valence-electron chi connectivity index (χ3n) is 5.29. The van der Waals surface area contributed by atoms with Crippen LogP contribution in [0.3, 0.4) is 0 Å². The average Bonchev–Trinajstić information content (AvgIpc) is 2.93. The zero-order chi connectivity index (χ0) is 19.1. The molecule has 1 N–H and O–H groups in total. The lowest BCUT2D eigenvalue weighted by Crippen LogP contribution is -2.39. The summed E-state index contributed by atoms with van der Waals surface area (Å²) < 4.78 is 7.62. The monoisotopic (exact) mass is 369 g/mol. The van der Waals surface area contributed by atoms with Gasteiger partial charge >= 0.3 is 0 Å². The fourth-order valence-electron chi connectivity index (χ4n) is 3.81. The Balaban J connectivity index is 1.68. The summed E-state index contributed by atoms with van der Waals surface area (Å²) in [5, 5.41) is 3.15. The van der Waals surface area contributed by atoms with E-state index in [0.29, 0.717) is 18.7 Å². The van der Waals surface area contributed by atoms with Crippen molar-refractivity contribution in [3.05, 3.63) is 53.9 Å². The van der Waals surface area contributed by atoms with Gasteiger partial charge < -0.3 is 14.6 Å². The van der Waals surface area contributed by atoms with Crippen LogP contribution in [0.5, 0.6) is 5.75 Å². The minimum atomic E-state index is -0.0351. The van der Waals surface area contributed by atoms with Crippen LogP contribution in [0.4, 0.5) is 0 Å². The van der Waals surface area contributed by atoms with Crippen molar-refractivity contribution in [2.24, 2.45) is 7.05 Å².